The Hall–Kier alpha value is -2.08. The van der Waals surface area contributed by atoms with Crippen LogP contribution in [0.25, 0.3) is 0 Å². The number of hydrogen-bond donors (Lipinski definition) is 2. The highest BCUT2D eigenvalue weighted by Crippen LogP contribution is 2.28. The lowest BCUT2D eigenvalue weighted by Gasteiger charge is -2.12. The van der Waals surface area contributed by atoms with Gasteiger partial charge in [0, 0.05) is 33.4 Å². The number of carbonyl (C=O) groups excluding carboxylic acids is 1. The second-order valence-electron chi connectivity index (χ2n) is 5.91. The van der Waals surface area contributed by atoms with Crippen molar-refractivity contribution < 1.29 is 14.3 Å². The maximum Gasteiger partial charge on any atom is 0.337 e. The Morgan fingerprint density at radius 3 is 2.62 bits per heavy atom. The number of benzene rings is 1. The number of ether oxygens (including phenoxy) is 2. The summed E-state index contributed by atoms with van der Waals surface area (Å²) in [7, 11) is 3.13. The van der Waals surface area contributed by atoms with E-state index in [2.05, 4.69) is 20.4 Å². The third kappa shape index (κ3) is 6.58. The van der Waals surface area contributed by atoms with E-state index in [-0.39, 0.29) is 5.97 Å². The summed E-state index contributed by atoms with van der Waals surface area (Å²) in [4.78, 5) is 15.6. The van der Waals surface area contributed by atoms with Crippen LogP contribution in [0.4, 0.5) is 0 Å². The number of guanidine groups is 1. The van der Waals surface area contributed by atoms with Gasteiger partial charge in [0.1, 0.15) is 0 Å². The maximum absolute atomic E-state index is 11.4. The lowest BCUT2D eigenvalue weighted by Crippen LogP contribution is -2.37. The van der Waals surface area contributed by atoms with Gasteiger partial charge in [-0.15, -0.1) is 0 Å². The van der Waals surface area contributed by atoms with Gasteiger partial charge in [-0.3, -0.25) is 4.99 Å². The molecular formula is C18H27N3O3. The Kier molecular flexibility index (Phi) is 7.55. The molecule has 0 atom stereocenters. The number of aliphatic imine (C=N–C) groups is 1. The van der Waals surface area contributed by atoms with Crippen molar-refractivity contribution in [2.24, 2.45) is 10.9 Å². The van der Waals surface area contributed by atoms with Crippen molar-refractivity contribution in [2.45, 2.75) is 25.8 Å². The van der Waals surface area contributed by atoms with Crippen LogP contribution in [0.5, 0.6) is 0 Å². The van der Waals surface area contributed by atoms with Crippen molar-refractivity contribution in [3.63, 3.8) is 0 Å². The molecular weight excluding hydrogens is 306 g/mol. The zero-order valence-electron chi connectivity index (χ0n) is 14.5. The highest BCUT2D eigenvalue weighted by molar-refractivity contribution is 5.89. The first kappa shape index (κ1) is 18.3. The van der Waals surface area contributed by atoms with Gasteiger partial charge in [-0.1, -0.05) is 12.1 Å². The van der Waals surface area contributed by atoms with Crippen LogP contribution < -0.4 is 10.6 Å². The SMILES string of the molecule is CN=C(NCCCOCC1CC1)NCc1ccc(C(=O)OC)cc1. The standard InChI is InChI=1S/C18H27N3O3/c1-19-18(20-10-3-11-24-13-15-4-5-15)21-12-14-6-8-16(9-7-14)17(22)23-2/h6-9,15H,3-5,10-13H2,1-2H3,(H2,19,20,21). The number of esters is 1. The zero-order valence-corrected chi connectivity index (χ0v) is 14.5. The molecule has 1 aromatic carbocycles. The predicted molar refractivity (Wildman–Crippen MR) is 94.1 cm³/mol. The second kappa shape index (κ2) is 9.93. The van der Waals surface area contributed by atoms with Gasteiger partial charge in [0.2, 0.25) is 0 Å². The van der Waals surface area contributed by atoms with E-state index >= 15 is 0 Å². The Morgan fingerprint density at radius 2 is 2.00 bits per heavy atom. The van der Waals surface area contributed by atoms with Gasteiger partial charge >= 0.3 is 5.97 Å². The van der Waals surface area contributed by atoms with Crippen molar-refractivity contribution >= 4 is 11.9 Å². The number of methoxy groups -OCH3 is 1. The largest absolute Gasteiger partial charge is 0.465 e. The molecule has 24 heavy (non-hydrogen) atoms. The van der Waals surface area contributed by atoms with E-state index in [0.717, 1.165) is 43.6 Å². The van der Waals surface area contributed by atoms with Crippen LogP contribution >= 0.6 is 0 Å². The van der Waals surface area contributed by atoms with E-state index in [0.29, 0.717) is 12.1 Å². The summed E-state index contributed by atoms with van der Waals surface area (Å²) >= 11 is 0. The number of nitrogens with one attached hydrogen (secondary N) is 2. The van der Waals surface area contributed by atoms with Crippen molar-refractivity contribution in [3.05, 3.63) is 35.4 Å². The first-order chi connectivity index (χ1) is 11.7. The van der Waals surface area contributed by atoms with Crippen LogP contribution in [0.15, 0.2) is 29.3 Å². The molecule has 0 saturated heterocycles. The number of nitrogens with zero attached hydrogens (tertiary/aromatic N) is 1. The molecule has 1 aromatic rings. The molecule has 0 radical (unpaired) electrons. The number of rotatable bonds is 9. The summed E-state index contributed by atoms with van der Waals surface area (Å²) in [6.45, 7) is 3.16. The smallest absolute Gasteiger partial charge is 0.337 e. The first-order valence-electron chi connectivity index (χ1n) is 8.42. The molecule has 1 aliphatic rings. The topological polar surface area (TPSA) is 72.0 Å². The average molecular weight is 333 g/mol. The fourth-order valence-corrected chi connectivity index (χ4v) is 2.20. The summed E-state index contributed by atoms with van der Waals surface area (Å²) in [5, 5.41) is 6.52. The predicted octanol–water partition coefficient (Wildman–Crippen LogP) is 1.95. The molecule has 0 aliphatic heterocycles. The quantitative estimate of drug-likeness (QED) is 0.313. The Balaban J connectivity index is 1.62. The lowest BCUT2D eigenvalue weighted by molar-refractivity contribution is 0.0600. The summed E-state index contributed by atoms with van der Waals surface area (Å²) in [6.07, 6.45) is 3.62. The molecule has 0 spiro atoms. The van der Waals surface area contributed by atoms with E-state index in [9.17, 15) is 4.79 Å². The van der Waals surface area contributed by atoms with Crippen molar-refractivity contribution in [1.29, 1.82) is 0 Å². The lowest BCUT2D eigenvalue weighted by atomic mass is 10.1. The molecule has 132 valence electrons. The van der Waals surface area contributed by atoms with E-state index in [1.54, 1.807) is 19.2 Å². The molecule has 1 aliphatic carbocycles. The molecule has 0 heterocycles. The number of hydrogen-bond acceptors (Lipinski definition) is 4. The first-order valence-corrected chi connectivity index (χ1v) is 8.42. The van der Waals surface area contributed by atoms with E-state index < -0.39 is 0 Å². The van der Waals surface area contributed by atoms with Crippen molar-refractivity contribution in [3.8, 4) is 0 Å². The average Bonchev–Trinajstić information content (AvgIpc) is 3.44. The van der Waals surface area contributed by atoms with Crippen LogP contribution in [0.3, 0.4) is 0 Å². The Labute approximate surface area is 143 Å². The van der Waals surface area contributed by atoms with Gasteiger partial charge in [0.25, 0.3) is 0 Å². The van der Waals surface area contributed by atoms with E-state index in [1.165, 1.54) is 20.0 Å². The summed E-state index contributed by atoms with van der Waals surface area (Å²) in [6, 6.07) is 7.32. The fraction of sp³-hybridized carbons (Fsp3) is 0.556. The van der Waals surface area contributed by atoms with Crippen LogP contribution in [0.2, 0.25) is 0 Å². The molecule has 2 rings (SSSR count). The van der Waals surface area contributed by atoms with Crippen molar-refractivity contribution in [2.75, 3.05) is 33.9 Å². The van der Waals surface area contributed by atoms with Crippen molar-refractivity contribution in [1.82, 2.24) is 10.6 Å². The minimum Gasteiger partial charge on any atom is -0.465 e. The summed E-state index contributed by atoms with van der Waals surface area (Å²) < 4.78 is 10.3. The highest BCUT2D eigenvalue weighted by atomic mass is 16.5. The third-order valence-electron chi connectivity index (χ3n) is 3.87. The van der Waals surface area contributed by atoms with E-state index in [1.807, 2.05) is 12.1 Å². The zero-order chi connectivity index (χ0) is 17.2. The molecule has 6 heteroatoms. The van der Waals surface area contributed by atoms with Crippen LogP contribution in [0.1, 0.15) is 35.2 Å². The van der Waals surface area contributed by atoms with Gasteiger partial charge in [0.05, 0.1) is 12.7 Å². The molecule has 0 bridgehead atoms. The van der Waals surface area contributed by atoms with Crippen LogP contribution in [-0.2, 0) is 16.0 Å². The monoisotopic (exact) mass is 333 g/mol. The van der Waals surface area contributed by atoms with Crippen LogP contribution in [-0.4, -0.2) is 45.8 Å². The van der Waals surface area contributed by atoms with Gasteiger partial charge in [-0.05, 0) is 42.9 Å². The van der Waals surface area contributed by atoms with Gasteiger partial charge in [-0.2, -0.15) is 0 Å². The van der Waals surface area contributed by atoms with Gasteiger partial charge in [0.15, 0.2) is 5.96 Å². The minimum atomic E-state index is -0.323. The molecule has 0 unspecified atom stereocenters. The fourth-order valence-electron chi connectivity index (χ4n) is 2.20. The maximum atomic E-state index is 11.4. The molecule has 6 nitrogen and oxygen atoms in total. The summed E-state index contributed by atoms with van der Waals surface area (Å²) in [5.74, 6) is 1.25. The van der Waals surface area contributed by atoms with Gasteiger partial charge < -0.3 is 20.1 Å². The molecule has 1 saturated carbocycles. The molecule has 0 amide bonds. The molecule has 1 fully saturated rings. The second-order valence-corrected chi connectivity index (χ2v) is 5.91. The van der Waals surface area contributed by atoms with E-state index in [4.69, 9.17) is 4.74 Å². The minimum absolute atomic E-state index is 0.323. The molecule has 2 N–H and O–H groups in total. The Bertz CT molecular complexity index is 539. The molecule has 0 aromatic heterocycles. The number of carbonyl (C=O) groups is 1. The van der Waals surface area contributed by atoms with Gasteiger partial charge in [-0.25, -0.2) is 4.79 Å². The third-order valence-corrected chi connectivity index (χ3v) is 3.87. The normalized spacial score (nSPS) is 14.3. The summed E-state index contributed by atoms with van der Waals surface area (Å²) in [5.41, 5.74) is 1.62. The van der Waals surface area contributed by atoms with Crippen LogP contribution in [0, 0.1) is 5.92 Å². The highest BCUT2D eigenvalue weighted by Gasteiger charge is 2.20. The Morgan fingerprint density at radius 1 is 1.25 bits per heavy atom.